The molecule has 0 aromatic rings. The molecule has 0 saturated carbocycles. The van der Waals surface area contributed by atoms with Gasteiger partial charge in [0.15, 0.2) is 0 Å². The summed E-state index contributed by atoms with van der Waals surface area (Å²) in [4.78, 5) is 10.9. The lowest BCUT2D eigenvalue weighted by atomic mass is 10.1. The summed E-state index contributed by atoms with van der Waals surface area (Å²) in [5, 5.41) is 0. The van der Waals surface area contributed by atoms with E-state index in [2.05, 4.69) is 6.58 Å². The summed E-state index contributed by atoms with van der Waals surface area (Å²) in [7, 11) is 0. The van der Waals surface area contributed by atoms with Crippen LogP contribution in [0.5, 0.6) is 0 Å². The van der Waals surface area contributed by atoms with Crippen molar-refractivity contribution >= 4 is 5.97 Å². The van der Waals surface area contributed by atoms with Gasteiger partial charge in [-0.2, -0.15) is 0 Å². The fourth-order valence-electron chi connectivity index (χ4n) is 0.965. The molecule has 0 radical (unpaired) electrons. The first-order valence-corrected chi connectivity index (χ1v) is 4.82. The van der Waals surface area contributed by atoms with E-state index in [1.165, 1.54) is 11.6 Å². The van der Waals surface area contributed by atoms with E-state index in [9.17, 15) is 4.79 Å². The van der Waals surface area contributed by atoms with Gasteiger partial charge in [0.2, 0.25) is 0 Å². The molecule has 0 aliphatic heterocycles. The maximum Gasteiger partial charge on any atom is 0.330 e. The quantitative estimate of drug-likeness (QED) is 0.369. The fourth-order valence-corrected chi connectivity index (χ4v) is 0.965. The monoisotopic (exact) mass is 194 g/mol. The van der Waals surface area contributed by atoms with E-state index >= 15 is 0 Å². The SMILES string of the molecule is C=C/C=C(\C)CC/C=C/C(=O)OCC. The topological polar surface area (TPSA) is 26.3 Å². The van der Waals surface area contributed by atoms with E-state index in [-0.39, 0.29) is 5.97 Å². The van der Waals surface area contributed by atoms with Crippen molar-refractivity contribution in [1.82, 2.24) is 0 Å². The molecule has 0 saturated heterocycles. The van der Waals surface area contributed by atoms with Crippen LogP contribution in [0.4, 0.5) is 0 Å². The van der Waals surface area contributed by atoms with Crippen LogP contribution in [0.1, 0.15) is 26.7 Å². The molecule has 2 heteroatoms. The summed E-state index contributed by atoms with van der Waals surface area (Å²) in [6.45, 7) is 7.88. The van der Waals surface area contributed by atoms with Crippen LogP contribution in [-0.4, -0.2) is 12.6 Å². The van der Waals surface area contributed by atoms with Crippen molar-refractivity contribution in [2.24, 2.45) is 0 Å². The van der Waals surface area contributed by atoms with Gasteiger partial charge >= 0.3 is 5.97 Å². The summed E-state index contributed by atoms with van der Waals surface area (Å²) < 4.78 is 4.74. The molecular formula is C12H18O2. The van der Waals surface area contributed by atoms with Crippen LogP contribution >= 0.6 is 0 Å². The molecule has 0 heterocycles. The van der Waals surface area contributed by atoms with Crippen LogP contribution in [-0.2, 0) is 9.53 Å². The zero-order chi connectivity index (χ0) is 10.8. The molecule has 0 aromatic heterocycles. The third kappa shape index (κ3) is 7.35. The van der Waals surface area contributed by atoms with E-state index in [4.69, 9.17) is 4.74 Å². The number of hydrogen-bond donors (Lipinski definition) is 0. The van der Waals surface area contributed by atoms with Crippen molar-refractivity contribution < 1.29 is 9.53 Å². The minimum Gasteiger partial charge on any atom is -0.463 e. The Hall–Kier alpha value is -1.31. The second-order valence-electron chi connectivity index (χ2n) is 2.94. The van der Waals surface area contributed by atoms with Gasteiger partial charge in [-0.05, 0) is 26.7 Å². The Morgan fingerprint density at radius 1 is 1.50 bits per heavy atom. The zero-order valence-corrected chi connectivity index (χ0v) is 8.95. The third-order valence-electron chi connectivity index (χ3n) is 1.65. The molecule has 0 fully saturated rings. The fraction of sp³-hybridized carbons (Fsp3) is 0.417. The number of allylic oxidation sites excluding steroid dienone is 4. The van der Waals surface area contributed by atoms with Gasteiger partial charge in [-0.1, -0.05) is 30.4 Å². The minimum absolute atomic E-state index is 0.266. The van der Waals surface area contributed by atoms with Gasteiger partial charge in [-0.25, -0.2) is 4.79 Å². The van der Waals surface area contributed by atoms with Crippen LogP contribution in [0.2, 0.25) is 0 Å². The van der Waals surface area contributed by atoms with Gasteiger partial charge in [-0.3, -0.25) is 0 Å². The predicted molar refractivity (Wildman–Crippen MR) is 59.0 cm³/mol. The lowest BCUT2D eigenvalue weighted by Gasteiger charge is -1.96. The standard InChI is InChI=1S/C12H18O2/c1-4-8-11(3)9-6-7-10-12(13)14-5-2/h4,7-8,10H,1,5-6,9H2,2-3H3/b10-7+,11-8+. The van der Waals surface area contributed by atoms with Crippen LogP contribution < -0.4 is 0 Å². The number of ether oxygens (including phenoxy) is 1. The number of carbonyl (C=O) groups excluding carboxylic acids is 1. The normalized spacial score (nSPS) is 11.7. The Balaban J connectivity index is 3.67. The second-order valence-corrected chi connectivity index (χ2v) is 2.94. The molecule has 0 rings (SSSR count). The van der Waals surface area contributed by atoms with Crippen LogP contribution in [0.15, 0.2) is 36.5 Å². The maximum atomic E-state index is 10.9. The summed E-state index contributed by atoms with van der Waals surface area (Å²) in [5.74, 6) is -0.266. The van der Waals surface area contributed by atoms with Crippen LogP contribution in [0, 0.1) is 0 Å². The first-order chi connectivity index (χ1) is 6.70. The summed E-state index contributed by atoms with van der Waals surface area (Å²) in [5.41, 5.74) is 1.26. The van der Waals surface area contributed by atoms with E-state index < -0.39 is 0 Å². The second kappa shape index (κ2) is 8.30. The molecule has 14 heavy (non-hydrogen) atoms. The zero-order valence-electron chi connectivity index (χ0n) is 8.95. The molecule has 0 N–H and O–H groups in total. The lowest BCUT2D eigenvalue weighted by molar-refractivity contribution is -0.137. The molecule has 0 bridgehead atoms. The van der Waals surface area contributed by atoms with Gasteiger partial charge in [-0.15, -0.1) is 0 Å². The Bertz CT molecular complexity index is 237. The molecule has 0 unspecified atom stereocenters. The van der Waals surface area contributed by atoms with Crippen molar-refractivity contribution in [3.8, 4) is 0 Å². The Kier molecular flexibility index (Phi) is 7.52. The molecule has 0 atom stereocenters. The van der Waals surface area contributed by atoms with E-state index in [1.807, 2.05) is 19.1 Å². The van der Waals surface area contributed by atoms with Crippen molar-refractivity contribution in [1.29, 1.82) is 0 Å². The lowest BCUT2D eigenvalue weighted by Crippen LogP contribution is -1.98. The molecule has 0 aliphatic carbocycles. The highest BCUT2D eigenvalue weighted by Gasteiger charge is 1.92. The van der Waals surface area contributed by atoms with Crippen molar-refractivity contribution in [3.05, 3.63) is 36.5 Å². The number of rotatable bonds is 6. The number of carbonyl (C=O) groups is 1. The van der Waals surface area contributed by atoms with E-state index in [0.29, 0.717) is 6.61 Å². The van der Waals surface area contributed by atoms with Crippen molar-refractivity contribution in [3.63, 3.8) is 0 Å². The van der Waals surface area contributed by atoms with Crippen LogP contribution in [0.3, 0.4) is 0 Å². The smallest absolute Gasteiger partial charge is 0.330 e. The maximum absolute atomic E-state index is 10.9. The molecule has 0 aromatic carbocycles. The largest absolute Gasteiger partial charge is 0.463 e. The van der Waals surface area contributed by atoms with Gasteiger partial charge in [0, 0.05) is 6.08 Å². The summed E-state index contributed by atoms with van der Waals surface area (Å²) >= 11 is 0. The predicted octanol–water partition coefficient (Wildman–Crippen LogP) is 3.02. The Morgan fingerprint density at radius 2 is 2.21 bits per heavy atom. The average molecular weight is 194 g/mol. The third-order valence-corrected chi connectivity index (χ3v) is 1.65. The molecule has 0 amide bonds. The first-order valence-electron chi connectivity index (χ1n) is 4.82. The Labute approximate surface area is 86.0 Å². The summed E-state index contributed by atoms with van der Waals surface area (Å²) in [6.07, 6.45) is 8.85. The molecular weight excluding hydrogens is 176 g/mol. The van der Waals surface area contributed by atoms with E-state index in [1.54, 1.807) is 13.0 Å². The van der Waals surface area contributed by atoms with Gasteiger partial charge in [0.05, 0.1) is 6.61 Å². The van der Waals surface area contributed by atoms with Gasteiger partial charge < -0.3 is 4.74 Å². The summed E-state index contributed by atoms with van der Waals surface area (Å²) in [6, 6.07) is 0. The minimum atomic E-state index is -0.266. The molecule has 0 aliphatic rings. The highest BCUT2D eigenvalue weighted by molar-refractivity contribution is 5.81. The molecule has 2 nitrogen and oxygen atoms in total. The highest BCUT2D eigenvalue weighted by atomic mass is 16.5. The number of esters is 1. The average Bonchev–Trinajstić information content (AvgIpc) is 2.13. The molecule has 78 valence electrons. The first kappa shape index (κ1) is 12.7. The van der Waals surface area contributed by atoms with Gasteiger partial charge in [0.25, 0.3) is 0 Å². The van der Waals surface area contributed by atoms with Crippen molar-refractivity contribution in [2.45, 2.75) is 26.7 Å². The van der Waals surface area contributed by atoms with Crippen LogP contribution in [0.25, 0.3) is 0 Å². The highest BCUT2D eigenvalue weighted by Crippen LogP contribution is 2.04. The van der Waals surface area contributed by atoms with Gasteiger partial charge in [0.1, 0.15) is 0 Å². The van der Waals surface area contributed by atoms with Crippen molar-refractivity contribution in [2.75, 3.05) is 6.61 Å². The Morgan fingerprint density at radius 3 is 2.79 bits per heavy atom. The molecule has 0 spiro atoms. The number of hydrogen-bond acceptors (Lipinski definition) is 2. The van der Waals surface area contributed by atoms with E-state index in [0.717, 1.165) is 12.8 Å².